The van der Waals surface area contributed by atoms with Crippen LogP contribution in [0.3, 0.4) is 0 Å². The standard InChI is InChI=1S/C20H29ClN2O/c1-7-10-17(11-8-14-24-6)16(2)18-15-20(3,4)19(21)22-12-9-13-23(18)5/h7-12,14-16H,13H2,1-6H3/b10-7-,12-9-,14-8+,17-11+,18-15-,22-19?. The molecule has 1 rings (SSSR count). The van der Waals surface area contributed by atoms with Crippen LogP contribution < -0.4 is 0 Å². The van der Waals surface area contributed by atoms with E-state index in [1.54, 1.807) is 19.6 Å². The van der Waals surface area contributed by atoms with Gasteiger partial charge < -0.3 is 9.64 Å². The molecule has 1 aliphatic rings. The van der Waals surface area contributed by atoms with Gasteiger partial charge in [-0.2, -0.15) is 0 Å². The first-order chi connectivity index (χ1) is 11.3. The summed E-state index contributed by atoms with van der Waals surface area (Å²) >= 11 is 6.40. The number of ether oxygens (including phenoxy) is 1. The van der Waals surface area contributed by atoms with Gasteiger partial charge in [-0.05, 0) is 38.5 Å². The molecule has 0 spiro atoms. The number of halogens is 1. The van der Waals surface area contributed by atoms with Gasteiger partial charge in [0.25, 0.3) is 0 Å². The zero-order valence-electron chi connectivity index (χ0n) is 15.6. The predicted molar refractivity (Wildman–Crippen MR) is 105 cm³/mol. The van der Waals surface area contributed by atoms with Crippen LogP contribution in [0, 0.1) is 11.3 Å². The molecular formula is C20H29ClN2O. The molecule has 0 aromatic rings. The monoisotopic (exact) mass is 348 g/mol. The van der Waals surface area contributed by atoms with Gasteiger partial charge in [0, 0.05) is 36.8 Å². The fraction of sp³-hybridized carbons (Fsp3) is 0.450. The van der Waals surface area contributed by atoms with Crippen LogP contribution in [0.15, 0.2) is 65.2 Å². The van der Waals surface area contributed by atoms with E-state index in [1.807, 2.05) is 19.1 Å². The van der Waals surface area contributed by atoms with Crippen molar-refractivity contribution < 1.29 is 4.74 Å². The third-order valence-corrected chi connectivity index (χ3v) is 4.54. The normalized spacial score (nSPS) is 24.0. The average molecular weight is 349 g/mol. The highest BCUT2D eigenvalue weighted by atomic mass is 35.5. The molecule has 0 N–H and O–H groups in total. The molecule has 3 nitrogen and oxygen atoms in total. The van der Waals surface area contributed by atoms with Crippen molar-refractivity contribution in [2.45, 2.75) is 27.7 Å². The van der Waals surface area contributed by atoms with Crippen LogP contribution in [0.2, 0.25) is 0 Å². The average Bonchev–Trinajstić information content (AvgIpc) is 2.58. The van der Waals surface area contributed by atoms with Crippen LogP contribution in [-0.2, 0) is 4.74 Å². The molecule has 24 heavy (non-hydrogen) atoms. The number of hydrogen-bond donors (Lipinski definition) is 0. The van der Waals surface area contributed by atoms with Gasteiger partial charge in [0.1, 0.15) is 5.17 Å². The fourth-order valence-corrected chi connectivity index (χ4v) is 2.64. The zero-order chi connectivity index (χ0) is 18.2. The van der Waals surface area contributed by atoms with E-state index in [0.717, 1.165) is 6.54 Å². The van der Waals surface area contributed by atoms with Crippen molar-refractivity contribution in [3.8, 4) is 0 Å². The van der Waals surface area contributed by atoms with Gasteiger partial charge in [0.05, 0.1) is 13.4 Å². The number of nitrogens with zero attached hydrogens (tertiary/aromatic N) is 2. The van der Waals surface area contributed by atoms with Crippen molar-refractivity contribution in [2.24, 2.45) is 16.3 Å². The molecule has 0 aromatic carbocycles. The van der Waals surface area contributed by atoms with Crippen molar-refractivity contribution in [3.63, 3.8) is 0 Å². The number of likely N-dealkylation sites (N-methyl/N-ethyl adjacent to an activating group) is 1. The number of allylic oxidation sites excluding steroid dienone is 6. The number of methoxy groups -OCH3 is 1. The molecule has 1 atom stereocenters. The predicted octanol–water partition coefficient (Wildman–Crippen LogP) is 5.29. The first-order valence-corrected chi connectivity index (χ1v) is 8.56. The Balaban J connectivity index is 3.32. The second kappa shape index (κ2) is 9.53. The Morgan fingerprint density at radius 2 is 2.17 bits per heavy atom. The molecule has 0 aromatic heterocycles. The SMILES string of the molecule is C\C=C/C(=C\C=C\OC)C(C)/C1=C/C(C)(C)C(Cl)=N/C=C\CN1C. The third kappa shape index (κ3) is 5.72. The van der Waals surface area contributed by atoms with E-state index < -0.39 is 0 Å². The van der Waals surface area contributed by atoms with Crippen LogP contribution in [0.4, 0.5) is 0 Å². The first-order valence-electron chi connectivity index (χ1n) is 8.18. The summed E-state index contributed by atoms with van der Waals surface area (Å²) in [6, 6.07) is 0. The van der Waals surface area contributed by atoms with Gasteiger partial charge in [0.15, 0.2) is 0 Å². The molecule has 1 heterocycles. The van der Waals surface area contributed by atoms with E-state index >= 15 is 0 Å². The second-order valence-electron chi connectivity index (χ2n) is 6.43. The molecule has 1 aliphatic heterocycles. The molecule has 0 saturated heterocycles. The topological polar surface area (TPSA) is 24.8 Å². The highest BCUT2D eigenvalue weighted by Crippen LogP contribution is 2.31. The van der Waals surface area contributed by atoms with Gasteiger partial charge in [-0.15, -0.1) is 0 Å². The Labute approximate surface area is 151 Å². The summed E-state index contributed by atoms with van der Waals surface area (Å²) in [4.78, 5) is 6.58. The summed E-state index contributed by atoms with van der Waals surface area (Å²) in [5.41, 5.74) is 2.10. The van der Waals surface area contributed by atoms with Gasteiger partial charge >= 0.3 is 0 Å². The van der Waals surface area contributed by atoms with E-state index in [1.165, 1.54) is 11.3 Å². The van der Waals surface area contributed by atoms with Crippen molar-refractivity contribution in [1.29, 1.82) is 0 Å². The van der Waals surface area contributed by atoms with Crippen molar-refractivity contribution >= 4 is 16.8 Å². The van der Waals surface area contributed by atoms with Gasteiger partial charge in [0.2, 0.25) is 0 Å². The highest BCUT2D eigenvalue weighted by Gasteiger charge is 2.26. The quantitative estimate of drug-likeness (QED) is 0.498. The lowest BCUT2D eigenvalue weighted by molar-refractivity contribution is 0.338. The zero-order valence-corrected chi connectivity index (χ0v) is 16.3. The van der Waals surface area contributed by atoms with Gasteiger partial charge in [-0.1, -0.05) is 42.8 Å². The largest absolute Gasteiger partial charge is 0.504 e. The summed E-state index contributed by atoms with van der Waals surface area (Å²) in [6.07, 6.45) is 15.9. The van der Waals surface area contributed by atoms with Crippen LogP contribution in [0.1, 0.15) is 27.7 Å². The molecule has 0 bridgehead atoms. The summed E-state index contributed by atoms with van der Waals surface area (Å²) in [5.74, 6) is 0.211. The molecule has 1 unspecified atom stereocenters. The molecule has 0 radical (unpaired) electrons. The minimum Gasteiger partial charge on any atom is -0.504 e. The maximum absolute atomic E-state index is 6.40. The van der Waals surface area contributed by atoms with Crippen LogP contribution in [-0.4, -0.2) is 30.8 Å². The summed E-state index contributed by atoms with van der Waals surface area (Å²) < 4.78 is 5.00. The second-order valence-corrected chi connectivity index (χ2v) is 6.79. The van der Waals surface area contributed by atoms with E-state index in [0.29, 0.717) is 5.17 Å². The van der Waals surface area contributed by atoms with E-state index in [4.69, 9.17) is 16.3 Å². The molecule has 0 aliphatic carbocycles. The molecule has 0 saturated carbocycles. The highest BCUT2D eigenvalue weighted by molar-refractivity contribution is 6.66. The summed E-state index contributed by atoms with van der Waals surface area (Å²) in [7, 11) is 3.74. The van der Waals surface area contributed by atoms with Crippen LogP contribution >= 0.6 is 11.6 Å². The smallest absolute Gasteiger partial charge is 0.115 e. The summed E-state index contributed by atoms with van der Waals surface area (Å²) in [6.45, 7) is 9.19. The number of rotatable bonds is 5. The summed E-state index contributed by atoms with van der Waals surface area (Å²) in [5, 5.41) is 0.592. The Morgan fingerprint density at radius 1 is 1.46 bits per heavy atom. The Kier molecular flexibility index (Phi) is 8.06. The Bertz CT molecular complexity index is 595. The van der Waals surface area contributed by atoms with E-state index in [-0.39, 0.29) is 11.3 Å². The van der Waals surface area contributed by atoms with Crippen molar-refractivity contribution in [1.82, 2.24) is 4.90 Å². The number of aliphatic imine (C=N–C) groups is 1. The maximum atomic E-state index is 6.40. The van der Waals surface area contributed by atoms with E-state index in [9.17, 15) is 0 Å². The molecule has 4 heteroatoms. The molecule has 0 fully saturated rings. The third-order valence-electron chi connectivity index (χ3n) is 3.96. The lowest BCUT2D eigenvalue weighted by atomic mass is 9.87. The Hall–Kier alpha value is -1.74. The number of hydrogen-bond acceptors (Lipinski definition) is 3. The minimum atomic E-state index is -0.322. The van der Waals surface area contributed by atoms with Crippen LogP contribution in [0.5, 0.6) is 0 Å². The van der Waals surface area contributed by atoms with Crippen LogP contribution in [0.25, 0.3) is 0 Å². The van der Waals surface area contributed by atoms with E-state index in [2.05, 4.69) is 62.0 Å². The lowest BCUT2D eigenvalue weighted by Gasteiger charge is -2.30. The van der Waals surface area contributed by atoms with Crippen molar-refractivity contribution in [3.05, 3.63) is 60.2 Å². The fourth-order valence-electron chi connectivity index (χ4n) is 2.53. The van der Waals surface area contributed by atoms with Gasteiger partial charge in [-0.25, -0.2) is 4.99 Å². The Morgan fingerprint density at radius 3 is 2.79 bits per heavy atom. The minimum absolute atomic E-state index is 0.211. The lowest BCUT2D eigenvalue weighted by Crippen LogP contribution is -2.27. The molecular weight excluding hydrogens is 320 g/mol. The van der Waals surface area contributed by atoms with Gasteiger partial charge in [-0.3, -0.25) is 0 Å². The molecule has 0 amide bonds. The maximum Gasteiger partial charge on any atom is 0.115 e. The van der Waals surface area contributed by atoms with Crippen molar-refractivity contribution in [2.75, 3.05) is 20.7 Å². The first kappa shape index (κ1) is 20.3. The molecule has 132 valence electrons.